The quantitative estimate of drug-likeness (QED) is 0.785. The molecule has 1 aromatic heterocycles. The van der Waals surface area contributed by atoms with Gasteiger partial charge in [-0.05, 0) is 42.8 Å². The van der Waals surface area contributed by atoms with Crippen molar-refractivity contribution in [2.75, 3.05) is 19.3 Å². The monoisotopic (exact) mass is 255 g/mol. The average molecular weight is 255 g/mol. The highest BCUT2D eigenvalue weighted by Crippen LogP contribution is 2.31. The summed E-state index contributed by atoms with van der Waals surface area (Å²) >= 11 is 1.78. The van der Waals surface area contributed by atoms with Gasteiger partial charge in [0, 0.05) is 5.75 Å². The SMILES string of the molecule is CNCC(C)CSc1nnnn1C1CCCC1. The molecular formula is C11H21N5S. The van der Waals surface area contributed by atoms with Crippen LogP contribution in [0.15, 0.2) is 5.16 Å². The maximum absolute atomic E-state index is 4.14. The predicted molar refractivity (Wildman–Crippen MR) is 69.1 cm³/mol. The second-order valence-electron chi connectivity index (χ2n) is 4.82. The molecule has 0 radical (unpaired) electrons. The largest absolute Gasteiger partial charge is 0.319 e. The number of hydrogen-bond acceptors (Lipinski definition) is 5. The minimum atomic E-state index is 0.534. The number of rotatable bonds is 6. The van der Waals surface area contributed by atoms with Crippen LogP contribution in [-0.2, 0) is 0 Å². The summed E-state index contributed by atoms with van der Waals surface area (Å²) in [6.45, 7) is 3.28. The van der Waals surface area contributed by atoms with E-state index in [0.717, 1.165) is 17.5 Å². The van der Waals surface area contributed by atoms with Crippen LogP contribution in [0.25, 0.3) is 0 Å². The maximum Gasteiger partial charge on any atom is 0.209 e. The van der Waals surface area contributed by atoms with Crippen molar-refractivity contribution in [2.45, 2.75) is 43.8 Å². The van der Waals surface area contributed by atoms with Crippen molar-refractivity contribution in [3.05, 3.63) is 0 Å². The van der Waals surface area contributed by atoms with Gasteiger partial charge in [-0.2, -0.15) is 0 Å². The molecule has 0 amide bonds. The topological polar surface area (TPSA) is 55.6 Å². The zero-order valence-corrected chi connectivity index (χ0v) is 11.4. The molecule has 1 atom stereocenters. The van der Waals surface area contributed by atoms with Gasteiger partial charge in [0.25, 0.3) is 0 Å². The van der Waals surface area contributed by atoms with Crippen LogP contribution < -0.4 is 5.32 Å². The highest BCUT2D eigenvalue weighted by molar-refractivity contribution is 7.99. The first kappa shape index (κ1) is 12.8. The van der Waals surface area contributed by atoms with Crippen LogP contribution in [-0.4, -0.2) is 39.6 Å². The second-order valence-corrected chi connectivity index (χ2v) is 5.81. The Labute approximate surface area is 107 Å². The molecule has 96 valence electrons. The van der Waals surface area contributed by atoms with Gasteiger partial charge in [-0.25, -0.2) is 4.68 Å². The third-order valence-electron chi connectivity index (χ3n) is 3.18. The number of nitrogens with zero attached hydrogens (tertiary/aromatic N) is 4. The Morgan fingerprint density at radius 1 is 1.47 bits per heavy atom. The summed E-state index contributed by atoms with van der Waals surface area (Å²) in [6.07, 6.45) is 5.07. The van der Waals surface area contributed by atoms with E-state index < -0.39 is 0 Å². The summed E-state index contributed by atoms with van der Waals surface area (Å²) in [6, 6.07) is 0.534. The second kappa shape index (κ2) is 6.35. The van der Waals surface area contributed by atoms with Crippen LogP contribution in [0.2, 0.25) is 0 Å². The van der Waals surface area contributed by atoms with Crippen molar-refractivity contribution in [2.24, 2.45) is 5.92 Å². The summed E-state index contributed by atoms with van der Waals surface area (Å²) in [5.74, 6) is 1.70. The Hall–Kier alpha value is -0.620. The van der Waals surface area contributed by atoms with E-state index in [1.54, 1.807) is 11.8 Å². The minimum absolute atomic E-state index is 0.534. The van der Waals surface area contributed by atoms with E-state index in [1.807, 2.05) is 11.7 Å². The molecule has 0 aliphatic heterocycles. The van der Waals surface area contributed by atoms with E-state index in [0.29, 0.717) is 12.0 Å². The number of tetrazole rings is 1. The molecule has 0 spiro atoms. The van der Waals surface area contributed by atoms with Crippen molar-refractivity contribution in [3.63, 3.8) is 0 Å². The van der Waals surface area contributed by atoms with E-state index in [1.165, 1.54) is 25.7 Å². The lowest BCUT2D eigenvalue weighted by atomic mass is 10.2. The van der Waals surface area contributed by atoms with Gasteiger partial charge in [-0.15, -0.1) is 5.10 Å². The summed E-state index contributed by atoms with van der Waals surface area (Å²) in [4.78, 5) is 0. The van der Waals surface area contributed by atoms with Gasteiger partial charge in [0.15, 0.2) is 0 Å². The Balaban J connectivity index is 1.90. The van der Waals surface area contributed by atoms with Gasteiger partial charge in [0.2, 0.25) is 5.16 Å². The molecule has 1 unspecified atom stereocenters. The van der Waals surface area contributed by atoms with E-state index in [-0.39, 0.29) is 0 Å². The zero-order valence-electron chi connectivity index (χ0n) is 10.6. The fourth-order valence-corrected chi connectivity index (χ4v) is 3.25. The Kier molecular flexibility index (Phi) is 4.79. The first-order valence-corrected chi connectivity index (χ1v) is 7.35. The molecule has 6 heteroatoms. The van der Waals surface area contributed by atoms with Crippen LogP contribution in [0, 0.1) is 5.92 Å². The molecule has 1 aromatic rings. The molecule has 0 bridgehead atoms. The fourth-order valence-electron chi connectivity index (χ4n) is 2.28. The summed E-state index contributed by atoms with van der Waals surface area (Å²) in [5, 5.41) is 16.3. The molecule has 1 N–H and O–H groups in total. The van der Waals surface area contributed by atoms with Gasteiger partial charge in [-0.1, -0.05) is 31.5 Å². The third-order valence-corrected chi connectivity index (χ3v) is 4.45. The standard InChI is InChI=1S/C11H21N5S/c1-9(7-12-2)8-17-11-13-14-15-16(11)10-5-3-4-6-10/h9-10,12H,3-8H2,1-2H3. The van der Waals surface area contributed by atoms with Crippen LogP contribution >= 0.6 is 11.8 Å². The van der Waals surface area contributed by atoms with Crippen LogP contribution in [0.1, 0.15) is 38.6 Å². The molecule has 1 heterocycles. The molecule has 1 fully saturated rings. The highest BCUT2D eigenvalue weighted by Gasteiger charge is 2.21. The number of thioether (sulfide) groups is 1. The lowest BCUT2D eigenvalue weighted by Gasteiger charge is -2.12. The molecule has 0 aromatic carbocycles. The number of nitrogens with one attached hydrogen (secondary N) is 1. The lowest BCUT2D eigenvalue weighted by Crippen LogP contribution is -2.18. The van der Waals surface area contributed by atoms with E-state index in [2.05, 4.69) is 27.8 Å². The predicted octanol–water partition coefficient (Wildman–Crippen LogP) is 1.74. The van der Waals surface area contributed by atoms with E-state index in [9.17, 15) is 0 Å². The summed E-state index contributed by atoms with van der Waals surface area (Å²) < 4.78 is 2.03. The van der Waals surface area contributed by atoms with Crippen LogP contribution in [0.4, 0.5) is 0 Å². The Bertz CT molecular complexity index is 334. The van der Waals surface area contributed by atoms with Gasteiger partial charge in [0.1, 0.15) is 0 Å². The molecule has 1 aliphatic rings. The summed E-state index contributed by atoms with van der Waals surface area (Å²) in [5.41, 5.74) is 0. The van der Waals surface area contributed by atoms with Crippen molar-refractivity contribution in [1.82, 2.24) is 25.5 Å². The Morgan fingerprint density at radius 2 is 2.24 bits per heavy atom. The van der Waals surface area contributed by atoms with E-state index >= 15 is 0 Å². The molecule has 17 heavy (non-hydrogen) atoms. The van der Waals surface area contributed by atoms with Gasteiger partial charge in [-0.3, -0.25) is 0 Å². The van der Waals surface area contributed by atoms with Gasteiger partial charge in [0.05, 0.1) is 6.04 Å². The Morgan fingerprint density at radius 3 is 2.94 bits per heavy atom. The zero-order chi connectivity index (χ0) is 12.1. The fraction of sp³-hybridized carbons (Fsp3) is 0.909. The highest BCUT2D eigenvalue weighted by atomic mass is 32.2. The molecule has 5 nitrogen and oxygen atoms in total. The normalized spacial score (nSPS) is 18.7. The molecule has 1 aliphatic carbocycles. The first-order valence-electron chi connectivity index (χ1n) is 6.36. The van der Waals surface area contributed by atoms with Crippen molar-refractivity contribution >= 4 is 11.8 Å². The van der Waals surface area contributed by atoms with Gasteiger partial charge < -0.3 is 5.32 Å². The van der Waals surface area contributed by atoms with Crippen molar-refractivity contribution < 1.29 is 0 Å². The molecule has 1 saturated carbocycles. The van der Waals surface area contributed by atoms with E-state index in [4.69, 9.17) is 0 Å². The number of hydrogen-bond donors (Lipinski definition) is 1. The number of aromatic nitrogens is 4. The summed E-state index contributed by atoms with van der Waals surface area (Å²) in [7, 11) is 1.99. The molecular weight excluding hydrogens is 234 g/mol. The lowest BCUT2D eigenvalue weighted by molar-refractivity contribution is 0.422. The van der Waals surface area contributed by atoms with Crippen LogP contribution in [0.3, 0.4) is 0 Å². The average Bonchev–Trinajstić information content (AvgIpc) is 2.97. The maximum atomic E-state index is 4.14. The van der Waals surface area contributed by atoms with Gasteiger partial charge >= 0.3 is 0 Å². The smallest absolute Gasteiger partial charge is 0.209 e. The first-order chi connectivity index (χ1) is 8.31. The van der Waals surface area contributed by atoms with Crippen LogP contribution in [0.5, 0.6) is 0 Å². The molecule has 0 saturated heterocycles. The minimum Gasteiger partial charge on any atom is -0.319 e. The molecule has 2 rings (SSSR count). The van der Waals surface area contributed by atoms with Crippen molar-refractivity contribution in [3.8, 4) is 0 Å². The van der Waals surface area contributed by atoms with Crippen molar-refractivity contribution in [1.29, 1.82) is 0 Å². The third kappa shape index (κ3) is 3.42.